The van der Waals surface area contributed by atoms with Crippen LogP contribution < -0.4 is 5.32 Å². The standard InChI is InChI=1S/C13H12F3N3O/c14-13(15,16)9-4-1-3-8(7-9)11-18-12(20-19-11)10-5-2-6-17-10/h1,3-4,7,10,17H,2,5-6H2/t10-/m0/s1. The first-order chi connectivity index (χ1) is 9.54. The second kappa shape index (κ2) is 4.90. The van der Waals surface area contributed by atoms with E-state index in [2.05, 4.69) is 15.5 Å². The van der Waals surface area contributed by atoms with E-state index in [1.165, 1.54) is 12.1 Å². The number of nitrogens with one attached hydrogen (secondary N) is 1. The van der Waals surface area contributed by atoms with Gasteiger partial charge in [-0.1, -0.05) is 17.3 Å². The number of nitrogens with zero attached hydrogens (tertiary/aromatic N) is 2. The van der Waals surface area contributed by atoms with Gasteiger partial charge in [-0.3, -0.25) is 0 Å². The quantitative estimate of drug-likeness (QED) is 0.919. The Balaban J connectivity index is 1.89. The van der Waals surface area contributed by atoms with Crippen LogP contribution >= 0.6 is 0 Å². The minimum atomic E-state index is -4.38. The van der Waals surface area contributed by atoms with E-state index in [0.717, 1.165) is 31.5 Å². The van der Waals surface area contributed by atoms with Gasteiger partial charge >= 0.3 is 6.18 Å². The first kappa shape index (κ1) is 13.1. The Morgan fingerprint density at radius 1 is 1.30 bits per heavy atom. The van der Waals surface area contributed by atoms with Gasteiger partial charge in [0.05, 0.1) is 11.6 Å². The van der Waals surface area contributed by atoms with Gasteiger partial charge in [0.1, 0.15) is 0 Å². The predicted molar refractivity (Wildman–Crippen MR) is 64.7 cm³/mol. The highest BCUT2D eigenvalue weighted by Gasteiger charge is 2.31. The first-order valence-electron chi connectivity index (χ1n) is 6.28. The average molecular weight is 283 g/mol. The lowest BCUT2D eigenvalue weighted by molar-refractivity contribution is -0.137. The fourth-order valence-electron chi connectivity index (χ4n) is 2.22. The molecule has 0 bridgehead atoms. The summed E-state index contributed by atoms with van der Waals surface area (Å²) in [4.78, 5) is 4.18. The van der Waals surface area contributed by atoms with E-state index >= 15 is 0 Å². The smallest absolute Gasteiger partial charge is 0.337 e. The van der Waals surface area contributed by atoms with E-state index in [0.29, 0.717) is 11.5 Å². The number of hydrogen-bond acceptors (Lipinski definition) is 4. The molecule has 0 radical (unpaired) electrons. The van der Waals surface area contributed by atoms with E-state index in [4.69, 9.17) is 4.52 Å². The van der Waals surface area contributed by atoms with Crippen LogP contribution in [0.1, 0.15) is 30.3 Å². The third-order valence-corrected chi connectivity index (χ3v) is 3.25. The van der Waals surface area contributed by atoms with E-state index in [1.54, 1.807) is 0 Å². The molecule has 0 saturated carbocycles. The molecule has 1 N–H and O–H groups in total. The molecule has 1 aliphatic rings. The third-order valence-electron chi connectivity index (χ3n) is 3.25. The molecule has 106 valence electrons. The molecule has 1 atom stereocenters. The van der Waals surface area contributed by atoms with Crippen LogP contribution in [-0.4, -0.2) is 16.7 Å². The van der Waals surface area contributed by atoms with E-state index in [9.17, 15) is 13.2 Å². The number of halogens is 3. The third kappa shape index (κ3) is 2.53. The summed E-state index contributed by atoms with van der Waals surface area (Å²) >= 11 is 0. The lowest BCUT2D eigenvalue weighted by Gasteiger charge is -2.06. The lowest BCUT2D eigenvalue weighted by Crippen LogP contribution is -2.12. The van der Waals surface area contributed by atoms with Crippen LogP contribution in [0.25, 0.3) is 11.4 Å². The zero-order valence-electron chi connectivity index (χ0n) is 10.4. The normalized spacial score (nSPS) is 19.4. The molecule has 0 amide bonds. The highest BCUT2D eigenvalue weighted by molar-refractivity contribution is 5.55. The molecule has 0 aliphatic carbocycles. The summed E-state index contributed by atoms with van der Waals surface area (Å²) in [5.74, 6) is 0.606. The van der Waals surface area contributed by atoms with E-state index in [-0.39, 0.29) is 11.9 Å². The SMILES string of the molecule is FC(F)(F)c1cccc(-c2noc([C@@H]3CCCN3)n2)c1. The van der Waals surface area contributed by atoms with Crippen molar-refractivity contribution in [1.29, 1.82) is 0 Å². The first-order valence-corrected chi connectivity index (χ1v) is 6.28. The maximum atomic E-state index is 12.7. The molecule has 20 heavy (non-hydrogen) atoms. The average Bonchev–Trinajstić information content (AvgIpc) is 3.09. The molecule has 1 aromatic carbocycles. The van der Waals surface area contributed by atoms with Gasteiger partial charge in [-0.2, -0.15) is 18.2 Å². The molecule has 3 rings (SSSR count). The minimum absolute atomic E-state index is 0.00190. The number of alkyl halides is 3. The Bertz CT molecular complexity index is 603. The summed E-state index contributed by atoms with van der Waals surface area (Å²) in [6.45, 7) is 0.881. The van der Waals surface area contributed by atoms with E-state index in [1.807, 2.05) is 0 Å². The van der Waals surface area contributed by atoms with Gasteiger partial charge in [-0.05, 0) is 31.5 Å². The Morgan fingerprint density at radius 2 is 2.15 bits per heavy atom. The molecular weight excluding hydrogens is 271 g/mol. The van der Waals surface area contributed by atoms with Crippen molar-refractivity contribution in [1.82, 2.24) is 15.5 Å². The maximum Gasteiger partial charge on any atom is 0.416 e. The van der Waals surface area contributed by atoms with Crippen LogP contribution in [0.5, 0.6) is 0 Å². The van der Waals surface area contributed by atoms with Gasteiger partial charge in [0.25, 0.3) is 0 Å². The molecule has 1 aliphatic heterocycles. The Morgan fingerprint density at radius 3 is 2.85 bits per heavy atom. The summed E-state index contributed by atoms with van der Waals surface area (Å²) in [5.41, 5.74) is -0.423. The zero-order valence-corrected chi connectivity index (χ0v) is 10.4. The van der Waals surface area contributed by atoms with Crippen molar-refractivity contribution < 1.29 is 17.7 Å². The van der Waals surface area contributed by atoms with Crippen molar-refractivity contribution >= 4 is 0 Å². The summed E-state index contributed by atoms with van der Waals surface area (Å²) in [6.07, 6.45) is -2.47. The summed E-state index contributed by atoms with van der Waals surface area (Å²) in [7, 11) is 0. The lowest BCUT2D eigenvalue weighted by atomic mass is 10.1. The molecule has 1 aromatic heterocycles. The van der Waals surface area contributed by atoms with Crippen molar-refractivity contribution in [2.45, 2.75) is 25.1 Å². The highest BCUT2D eigenvalue weighted by Crippen LogP contribution is 2.32. The van der Waals surface area contributed by atoms with Gasteiger partial charge in [0, 0.05) is 5.56 Å². The second-order valence-corrected chi connectivity index (χ2v) is 4.68. The number of benzene rings is 1. The largest absolute Gasteiger partial charge is 0.416 e. The van der Waals surface area contributed by atoms with Crippen molar-refractivity contribution in [3.63, 3.8) is 0 Å². The van der Waals surface area contributed by atoms with Gasteiger partial charge in [-0.15, -0.1) is 0 Å². The van der Waals surface area contributed by atoms with Gasteiger partial charge in [-0.25, -0.2) is 0 Å². The summed E-state index contributed by atoms with van der Waals surface area (Å²) in [5, 5.41) is 6.96. The highest BCUT2D eigenvalue weighted by atomic mass is 19.4. The van der Waals surface area contributed by atoms with Crippen LogP contribution in [0, 0.1) is 0 Å². The molecule has 1 fully saturated rings. The maximum absolute atomic E-state index is 12.7. The fourth-order valence-corrected chi connectivity index (χ4v) is 2.22. The molecule has 4 nitrogen and oxygen atoms in total. The van der Waals surface area contributed by atoms with Crippen LogP contribution in [0.3, 0.4) is 0 Å². The molecule has 0 unspecified atom stereocenters. The Kier molecular flexibility index (Phi) is 3.21. The Labute approximate surface area is 113 Å². The second-order valence-electron chi connectivity index (χ2n) is 4.68. The minimum Gasteiger partial charge on any atom is -0.337 e. The van der Waals surface area contributed by atoms with Crippen LogP contribution in [-0.2, 0) is 6.18 Å². The van der Waals surface area contributed by atoms with Gasteiger partial charge < -0.3 is 9.84 Å². The molecule has 7 heteroatoms. The van der Waals surface area contributed by atoms with Crippen LogP contribution in [0.15, 0.2) is 28.8 Å². The summed E-state index contributed by atoms with van der Waals surface area (Å²) in [6, 6.07) is 4.91. The number of rotatable bonds is 2. The summed E-state index contributed by atoms with van der Waals surface area (Å²) < 4.78 is 43.1. The van der Waals surface area contributed by atoms with Crippen molar-refractivity contribution in [2.75, 3.05) is 6.54 Å². The zero-order chi connectivity index (χ0) is 14.2. The molecule has 1 saturated heterocycles. The van der Waals surface area contributed by atoms with Crippen molar-refractivity contribution in [3.05, 3.63) is 35.7 Å². The van der Waals surface area contributed by atoms with E-state index < -0.39 is 11.7 Å². The van der Waals surface area contributed by atoms with Gasteiger partial charge in [0.2, 0.25) is 11.7 Å². The molecule has 2 heterocycles. The molecular formula is C13H12F3N3O. The van der Waals surface area contributed by atoms with Crippen molar-refractivity contribution in [3.8, 4) is 11.4 Å². The number of aromatic nitrogens is 2. The number of hydrogen-bond donors (Lipinski definition) is 1. The molecule has 0 spiro atoms. The predicted octanol–water partition coefficient (Wildman–Crippen LogP) is 3.18. The molecule has 2 aromatic rings. The fraction of sp³-hybridized carbons (Fsp3) is 0.385. The van der Waals surface area contributed by atoms with Crippen molar-refractivity contribution in [2.24, 2.45) is 0 Å². The Hall–Kier alpha value is -1.89. The van der Waals surface area contributed by atoms with Crippen LogP contribution in [0.2, 0.25) is 0 Å². The monoisotopic (exact) mass is 283 g/mol. The van der Waals surface area contributed by atoms with Gasteiger partial charge in [0.15, 0.2) is 0 Å². The topological polar surface area (TPSA) is 51.0 Å². The van der Waals surface area contributed by atoms with Crippen LogP contribution in [0.4, 0.5) is 13.2 Å².